The van der Waals surface area contributed by atoms with Crippen LogP contribution in [-0.4, -0.2) is 19.2 Å². The zero-order valence-electron chi connectivity index (χ0n) is 15.9. The van der Waals surface area contributed by atoms with E-state index in [-0.39, 0.29) is 10.6 Å². The molecule has 0 fully saturated rings. The van der Waals surface area contributed by atoms with Gasteiger partial charge in [-0.3, -0.25) is 19.6 Å². The van der Waals surface area contributed by atoms with E-state index in [2.05, 4.69) is 10.0 Å². The predicted molar refractivity (Wildman–Crippen MR) is 119 cm³/mol. The number of anilines is 2. The van der Waals surface area contributed by atoms with Crippen LogP contribution >= 0.6 is 11.6 Å². The Balaban J connectivity index is 1.63. The molecule has 8 nitrogen and oxygen atoms in total. The van der Waals surface area contributed by atoms with Crippen molar-refractivity contribution < 1.29 is 18.1 Å². The van der Waals surface area contributed by atoms with Gasteiger partial charge in [0.1, 0.15) is 0 Å². The Labute approximate surface area is 183 Å². The van der Waals surface area contributed by atoms with E-state index in [1.807, 2.05) is 0 Å². The minimum atomic E-state index is -3.81. The lowest BCUT2D eigenvalue weighted by Crippen LogP contribution is -2.13. The summed E-state index contributed by atoms with van der Waals surface area (Å²) in [4.78, 5) is 22.2. The summed E-state index contributed by atoms with van der Waals surface area (Å²) in [6.45, 7) is 0. The molecule has 158 valence electrons. The minimum absolute atomic E-state index is 0.0203. The van der Waals surface area contributed by atoms with Crippen molar-refractivity contribution in [1.29, 1.82) is 0 Å². The van der Waals surface area contributed by atoms with Crippen LogP contribution < -0.4 is 10.0 Å². The topological polar surface area (TPSA) is 118 Å². The van der Waals surface area contributed by atoms with Gasteiger partial charge in [-0.05, 0) is 66.2 Å². The second-order valence-electron chi connectivity index (χ2n) is 6.31. The zero-order valence-corrected chi connectivity index (χ0v) is 17.4. The van der Waals surface area contributed by atoms with Gasteiger partial charge in [-0.25, -0.2) is 8.42 Å². The summed E-state index contributed by atoms with van der Waals surface area (Å²) >= 11 is 5.87. The van der Waals surface area contributed by atoms with Crippen LogP contribution in [0.25, 0.3) is 6.08 Å². The van der Waals surface area contributed by atoms with Crippen LogP contribution in [0.15, 0.2) is 83.8 Å². The zero-order chi connectivity index (χ0) is 22.4. The third-order valence-electron chi connectivity index (χ3n) is 4.04. The van der Waals surface area contributed by atoms with Crippen molar-refractivity contribution in [3.63, 3.8) is 0 Å². The van der Waals surface area contributed by atoms with Crippen molar-refractivity contribution in [3.05, 3.63) is 99.6 Å². The fourth-order valence-corrected chi connectivity index (χ4v) is 3.79. The van der Waals surface area contributed by atoms with E-state index in [1.165, 1.54) is 66.7 Å². The van der Waals surface area contributed by atoms with E-state index in [9.17, 15) is 23.3 Å². The Hall–Kier alpha value is -3.69. The third kappa shape index (κ3) is 6.14. The first kappa shape index (κ1) is 22.0. The molecule has 0 saturated carbocycles. The number of carbonyl (C=O) groups excluding carboxylic acids is 1. The fraction of sp³-hybridized carbons (Fsp3) is 0. The number of non-ortho nitro benzene ring substituents is 1. The Morgan fingerprint density at radius 2 is 1.65 bits per heavy atom. The highest BCUT2D eigenvalue weighted by atomic mass is 35.5. The summed E-state index contributed by atoms with van der Waals surface area (Å²) in [7, 11) is -3.81. The number of nitrogens with zero attached hydrogens (tertiary/aromatic N) is 1. The van der Waals surface area contributed by atoms with E-state index in [0.717, 1.165) is 0 Å². The number of nitrogens with one attached hydrogen (secondary N) is 2. The van der Waals surface area contributed by atoms with Gasteiger partial charge < -0.3 is 5.32 Å². The Bertz CT molecular complexity index is 1240. The quantitative estimate of drug-likeness (QED) is 0.303. The number of sulfonamides is 1. The van der Waals surface area contributed by atoms with Crippen LogP contribution in [0.3, 0.4) is 0 Å². The summed E-state index contributed by atoms with van der Waals surface area (Å²) in [5.41, 5.74) is 1.32. The highest BCUT2D eigenvalue weighted by molar-refractivity contribution is 7.92. The van der Waals surface area contributed by atoms with Gasteiger partial charge in [0.05, 0.1) is 15.5 Å². The molecule has 0 aromatic heterocycles. The first-order chi connectivity index (χ1) is 14.7. The number of carbonyl (C=O) groups is 1. The summed E-state index contributed by atoms with van der Waals surface area (Å²) in [6, 6.07) is 17.7. The van der Waals surface area contributed by atoms with Gasteiger partial charge in [-0.2, -0.15) is 0 Å². The maximum atomic E-state index is 12.5. The lowest BCUT2D eigenvalue weighted by molar-refractivity contribution is -0.384. The van der Waals surface area contributed by atoms with Crippen molar-refractivity contribution in [3.8, 4) is 0 Å². The number of hydrogen-bond acceptors (Lipinski definition) is 5. The monoisotopic (exact) mass is 457 g/mol. The maximum absolute atomic E-state index is 12.5. The molecule has 0 radical (unpaired) electrons. The average molecular weight is 458 g/mol. The van der Waals surface area contributed by atoms with Gasteiger partial charge in [0.25, 0.3) is 15.7 Å². The molecule has 0 heterocycles. The normalized spacial score (nSPS) is 11.3. The molecule has 0 aliphatic carbocycles. The second-order valence-corrected chi connectivity index (χ2v) is 8.43. The average Bonchev–Trinajstić information content (AvgIpc) is 2.72. The second kappa shape index (κ2) is 9.41. The standard InChI is InChI=1S/C21H16ClN3O5S/c22-16-2-1-3-18(14-16)24-31(29,30)20-11-7-17(8-12-20)23-21(26)13-6-15-4-9-19(10-5-15)25(27)28/h1-14,24H,(H,23,26)/b13-6+. The molecule has 0 aliphatic heterocycles. The van der Waals surface area contributed by atoms with Gasteiger partial charge in [-0.15, -0.1) is 0 Å². The van der Waals surface area contributed by atoms with Gasteiger partial charge in [0, 0.05) is 28.9 Å². The number of halogens is 1. The van der Waals surface area contributed by atoms with Crippen molar-refractivity contribution in [2.24, 2.45) is 0 Å². The highest BCUT2D eigenvalue weighted by Crippen LogP contribution is 2.21. The smallest absolute Gasteiger partial charge is 0.269 e. The lowest BCUT2D eigenvalue weighted by atomic mass is 10.2. The molecule has 1 amide bonds. The summed E-state index contributed by atoms with van der Waals surface area (Å²) in [5, 5.41) is 13.7. The highest BCUT2D eigenvalue weighted by Gasteiger charge is 2.14. The molecule has 0 aliphatic rings. The Morgan fingerprint density at radius 3 is 2.26 bits per heavy atom. The van der Waals surface area contributed by atoms with Crippen molar-refractivity contribution in [2.75, 3.05) is 10.0 Å². The van der Waals surface area contributed by atoms with Gasteiger partial charge in [0.2, 0.25) is 5.91 Å². The fourth-order valence-electron chi connectivity index (χ4n) is 2.55. The largest absolute Gasteiger partial charge is 0.323 e. The van der Waals surface area contributed by atoms with Gasteiger partial charge in [0.15, 0.2) is 0 Å². The molecule has 2 N–H and O–H groups in total. The number of hydrogen-bond donors (Lipinski definition) is 2. The van der Waals surface area contributed by atoms with Crippen LogP contribution in [0.2, 0.25) is 5.02 Å². The predicted octanol–water partition coefficient (Wildman–Crippen LogP) is 4.70. The van der Waals surface area contributed by atoms with Crippen LogP contribution in [0, 0.1) is 10.1 Å². The molecule has 3 aromatic carbocycles. The Morgan fingerprint density at radius 1 is 0.968 bits per heavy atom. The number of benzene rings is 3. The molecular weight excluding hydrogens is 442 g/mol. The molecule has 0 bridgehead atoms. The summed E-state index contributed by atoms with van der Waals surface area (Å²) < 4.78 is 27.4. The summed E-state index contributed by atoms with van der Waals surface area (Å²) in [5.74, 6) is -0.439. The first-order valence-corrected chi connectivity index (χ1v) is 10.7. The van der Waals surface area contributed by atoms with E-state index in [1.54, 1.807) is 18.2 Å². The van der Waals surface area contributed by atoms with Crippen molar-refractivity contribution >= 4 is 50.7 Å². The van der Waals surface area contributed by atoms with Gasteiger partial charge >= 0.3 is 0 Å². The summed E-state index contributed by atoms with van der Waals surface area (Å²) in [6.07, 6.45) is 2.78. The lowest BCUT2D eigenvalue weighted by Gasteiger charge is -2.09. The number of nitro benzene ring substituents is 1. The Kier molecular flexibility index (Phi) is 6.68. The molecule has 0 atom stereocenters. The molecule has 10 heteroatoms. The third-order valence-corrected chi connectivity index (χ3v) is 5.67. The molecule has 3 rings (SSSR count). The first-order valence-electron chi connectivity index (χ1n) is 8.85. The molecule has 0 unspecified atom stereocenters. The molecule has 31 heavy (non-hydrogen) atoms. The molecule has 0 saturated heterocycles. The van der Waals surface area contributed by atoms with E-state index >= 15 is 0 Å². The molecule has 0 spiro atoms. The van der Waals surface area contributed by atoms with E-state index in [4.69, 9.17) is 11.6 Å². The molecular formula is C21H16ClN3O5S. The number of nitro groups is 1. The minimum Gasteiger partial charge on any atom is -0.323 e. The van der Waals surface area contributed by atoms with Crippen molar-refractivity contribution in [2.45, 2.75) is 4.90 Å². The van der Waals surface area contributed by atoms with Crippen LogP contribution in [0.1, 0.15) is 5.56 Å². The van der Waals surface area contributed by atoms with Crippen LogP contribution in [-0.2, 0) is 14.8 Å². The number of amides is 1. The number of rotatable bonds is 7. The van der Waals surface area contributed by atoms with Crippen LogP contribution in [0.5, 0.6) is 0 Å². The van der Waals surface area contributed by atoms with Crippen molar-refractivity contribution in [1.82, 2.24) is 0 Å². The van der Waals surface area contributed by atoms with E-state index < -0.39 is 20.9 Å². The van der Waals surface area contributed by atoms with Gasteiger partial charge in [-0.1, -0.05) is 17.7 Å². The maximum Gasteiger partial charge on any atom is 0.269 e. The SMILES string of the molecule is O=C(/C=C/c1ccc([N+](=O)[O-])cc1)Nc1ccc(S(=O)(=O)Nc2cccc(Cl)c2)cc1. The van der Waals surface area contributed by atoms with E-state index in [0.29, 0.717) is 22.0 Å². The molecule has 3 aromatic rings. The van der Waals surface area contributed by atoms with Crippen LogP contribution in [0.4, 0.5) is 17.1 Å².